The minimum Gasteiger partial charge on any atom is -0.482 e. The molecule has 0 bridgehead atoms. The van der Waals surface area contributed by atoms with Crippen molar-refractivity contribution in [3.8, 4) is 5.75 Å². The lowest BCUT2D eigenvalue weighted by Gasteiger charge is -2.29. The van der Waals surface area contributed by atoms with E-state index < -0.39 is 0 Å². The molecule has 1 aromatic rings. The number of guanidine groups is 1. The smallest absolute Gasteiger partial charge is 0.265 e. The van der Waals surface area contributed by atoms with Crippen LogP contribution >= 0.6 is 24.0 Å². The van der Waals surface area contributed by atoms with Gasteiger partial charge in [-0.3, -0.25) is 9.79 Å². The van der Waals surface area contributed by atoms with Gasteiger partial charge in [0.2, 0.25) is 0 Å². The maximum atomic E-state index is 12.3. The molecule has 2 heterocycles. The Morgan fingerprint density at radius 1 is 1.23 bits per heavy atom. The molecular formula is C23H36IN5O2. The Labute approximate surface area is 203 Å². The summed E-state index contributed by atoms with van der Waals surface area (Å²) in [5.74, 6) is 2.57. The lowest BCUT2D eigenvalue weighted by atomic mass is 10.1. The van der Waals surface area contributed by atoms with Crippen LogP contribution in [0.3, 0.4) is 0 Å². The summed E-state index contributed by atoms with van der Waals surface area (Å²) in [6.45, 7) is 5.11. The van der Waals surface area contributed by atoms with Crippen molar-refractivity contribution in [2.24, 2.45) is 10.9 Å². The van der Waals surface area contributed by atoms with E-state index in [1.54, 1.807) is 0 Å². The lowest BCUT2D eigenvalue weighted by Crippen LogP contribution is -2.46. The molecule has 1 saturated carbocycles. The van der Waals surface area contributed by atoms with Crippen molar-refractivity contribution in [1.82, 2.24) is 15.5 Å². The maximum absolute atomic E-state index is 12.3. The largest absolute Gasteiger partial charge is 0.482 e. The summed E-state index contributed by atoms with van der Waals surface area (Å²) in [6, 6.07) is 8.19. The van der Waals surface area contributed by atoms with E-state index in [1.807, 2.05) is 36.2 Å². The van der Waals surface area contributed by atoms with E-state index in [0.29, 0.717) is 12.6 Å². The number of hydrogen-bond acceptors (Lipinski definition) is 4. The SMILES string of the molecule is CN=C(NCCCN1C(=O)COc2ccccc21)NC1CCN(CC2CCCC2)C1.I. The zero-order valence-electron chi connectivity index (χ0n) is 18.5. The van der Waals surface area contributed by atoms with Gasteiger partial charge in [-0.25, -0.2) is 0 Å². The summed E-state index contributed by atoms with van der Waals surface area (Å²) in [4.78, 5) is 21.1. The third-order valence-corrected chi connectivity index (χ3v) is 6.49. The first-order valence-corrected chi connectivity index (χ1v) is 11.4. The lowest BCUT2D eigenvalue weighted by molar-refractivity contribution is -0.121. The summed E-state index contributed by atoms with van der Waals surface area (Å²) >= 11 is 0. The number of hydrogen-bond donors (Lipinski definition) is 2. The van der Waals surface area contributed by atoms with Crippen LogP contribution in [-0.4, -0.2) is 69.2 Å². The number of carbonyl (C=O) groups excluding carboxylic acids is 1. The fourth-order valence-electron chi connectivity index (χ4n) is 4.91. The van der Waals surface area contributed by atoms with Gasteiger partial charge >= 0.3 is 0 Å². The van der Waals surface area contributed by atoms with Crippen LogP contribution < -0.4 is 20.3 Å². The number of ether oxygens (including phenoxy) is 1. The molecule has 1 aromatic carbocycles. The molecule has 1 amide bonds. The topological polar surface area (TPSA) is 69.2 Å². The third-order valence-electron chi connectivity index (χ3n) is 6.49. The average Bonchev–Trinajstić information content (AvgIpc) is 3.44. The molecule has 7 nitrogen and oxygen atoms in total. The van der Waals surface area contributed by atoms with Crippen molar-refractivity contribution < 1.29 is 9.53 Å². The molecular weight excluding hydrogens is 505 g/mol. The predicted molar refractivity (Wildman–Crippen MR) is 136 cm³/mol. The molecule has 0 radical (unpaired) electrons. The number of para-hydroxylation sites is 2. The highest BCUT2D eigenvalue weighted by Crippen LogP contribution is 2.31. The molecule has 4 rings (SSSR count). The second-order valence-corrected chi connectivity index (χ2v) is 8.69. The Morgan fingerprint density at radius 3 is 2.84 bits per heavy atom. The summed E-state index contributed by atoms with van der Waals surface area (Å²) in [5.41, 5.74) is 0.865. The minimum absolute atomic E-state index is 0. The number of halogens is 1. The normalized spacial score (nSPS) is 22.1. The Kier molecular flexibility index (Phi) is 9.25. The minimum atomic E-state index is 0. The molecule has 1 saturated heterocycles. The zero-order valence-corrected chi connectivity index (χ0v) is 20.8. The van der Waals surface area contributed by atoms with E-state index in [1.165, 1.54) is 45.2 Å². The molecule has 1 unspecified atom stereocenters. The van der Waals surface area contributed by atoms with Gasteiger partial charge in [0.15, 0.2) is 12.6 Å². The van der Waals surface area contributed by atoms with Gasteiger partial charge in [0.25, 0.3) is 5.91 Å². The van der Waals surface area contributed by atoms with Crippen LogP contribution in [0.4, 0.5) is 5.69 Å². The molecule has 3 aliphatic rings. The number of nitrogens with one attached hydrogen (secondary N) is 2. The number of carbonyl (C=O) groups is 1. The molecule has 1 atom stereocenters. The van der Waals surface area contributed by atoms with Gasteiger partial charge in [-0.15, -0.1) is 24.0 Å². The number of benzene rings is 1. The van der Waals surface area contributed by atoms with Crippen molar-refractivity contribution in [2.75, 3.05) is 51.3 Å². The van der Waals surface area contributed by atoms with Crippen molar-refractivity contribution in [3.63, 3.8) is 0 Å². The van der Waals surface area contributed by atoms with E-state index in [9.17, 15) is 4.79 Å². The number of likely N-dealkylation sites (tertiary alicyclic amines) is 1. The summed E-state index contributed by atoms with van der Waals surface area (Å²) in [5, 5.41) is 6.99. The molecule has 2 aliphatic heterocycles. The van der Waals surface area contributed by atoms with Crippen LogP contribution in [0.15, 0.2) is 29.3 Å². The van der Waals surface area contributed by atoms with Crippen molar-refractivity contribution in [1.29, 1.82) is 0 Å². The molecule has 0 aromatic heterocycles. The second kappa shape index (κ2) is 11.9. The highest BCUT2D eigenvalue weighted by atomic mass is 127. The average molecular weight is 541 g/mol. The van der Waals surface area contributed by atoms with Gasteiger partial charge in [0.1, 0.15) is 5.75 Å². The molecule has 172 valence electrons. The second-order valence-electron chi connectivity index (χ2n) is 8.69. The van der Waals surface area contributed by atoms with Gasteiger partial charge in [0.05, 0.1) is 5.69 Å². The van der Waals surface area contributed by atoms with Gasteiger partial charge in [-0.1, -0.05) is 25.0 Å². The zero-order chi connectivity index (χ0) is 20.8. The van der Waals surface area contributed by atoms with Gasteiger partial charge in [-0.05, 0) is 43.7 Å². The van der Waals surface area contributed by atoms with Crippen LogP contribution in [-0.2, 0) is 4.79 Å². The van der Waals surface area contributed by atoms with E-state index in [0.717, 1.165) is 42.8 Å². The Balaban J connectivity index is 0.00000272. The first-order valence-electron chi connectivity index (χ1n) is 11.4. The monoisotopic (exact) mass is 541 g/mol. The Morgan fingerprint density at radius 2 is 2.03 bits per heavy atom. The van der Waals surface area contributed by atoms with Crippen molar-refractivity contribution in [3.05, 3.63) is 24.3 Å². The van der Waals surface area contributed by atoms with Crippen LogP contribution in [0.5, 0.6) is 5.75 Å². The van der Waals surface area contributed by atoms with Gasteiger partial charge in [-0.2, -0.15) is 0 Å². The van der Waals surface area contributed by atoms with E-state index in [2.05, 4.69) is 20.5 Å². The van der Waals surface area contributed by atoms with Gasteiger partial charge in [0, 0.05) is 45.8 Å². The molecule has 31 heavy (non-hydrogen) atoms. The van der Waals surface area contributed by atoms with E-state index in [4.69, 9.17) is 4.74 Å². The Bertz CT molecular complexity index is 753. The van der Waals surface area contributed by atoms with Crippen molar-refractivity contribution in [2.45, 2.75) is 44.6 Å². The number of nitrogens with zero attached hydrogens (tertiary/aromatic N) is 3. The molecule has 0 spiro atoms. The van der Waals surface area contributed by atoms with E-state index >= 15 is 0 Å². The summed E-state index contributed by atoms with van der Waals surface area (Å²) < 4.78 is 5.51. The number of fused-ring (bicyclic) bond motifs is 1. The fraction of sp³-hybridized carbons (Fsp3) is 0.652. The number of amides is 1. The maximum Gasteiger partial charge on any atom is 0.265 e. The highest BCUT2D eigenvalue weighted by Gasteiger charge is 2.27. The standard InChI is InChI=1S/C23H35N5O2.HI/c1-24-23(26-19-11-14-27(16-19)15-18-7-2-3-8-18)25-12-6-13-28-20-9-4-5-10-21(20)30-17-22(28)29;/h4-5,9-10,18-19H,2-3,6-8,11-17H2,1H3,(H2,24,25,26);1H. The number of aliphatic imine (C=N–C) groups is 1. The van der Waals surface area contributed by atoms with Crippen LogP contribution in [0.2, 0.25) is 0 Å². The predicted octanol–water partition coefficient (Wildman–Crippen LogP) is 2.85. The fourth-order valence-corrected chi connectivity index (χ4v) is 4.91. The molecule has 1 aliphatic carbocycles. The summed E-state index contributed by atoms with van der Waals surface area (Å²) in [6.07, 6.45) is 7.67. The number of anilines is 1. The molecule has 2 fully saturated rings. The van der Waals surface area contributed by atoms with Crippen LogP contribution in [0.1, 0.15) is 38.5 Å². The Hall–Kier alpha value is -1.55. The molecule has 2 N–H and O–H groups in total. The molecule has 8 heteroatoms. The first kappa shape index (κ1) is 24.1. The number of rotatable bonds is 7. The summed E-state index contributed by atoms with van der Waals surface area (Å²) in [7, 11) is 1.82. The first-order chi connectivity index (χ1) is 14.7. The van der Waals surface area contributed by atoms with Crippen LogP contribution in [0, 0.1) is 5.92 Å². The highest BCUT2D eigenvalue weighted by molar-refractivity contribution is 14.0. The van der Waals surface area contributed by atoms with E-state index in [-0.39, 0.29) is 36.5 Å². The third kappa shape index (κ3) is 6.47. The van der Waals surface area contributed by atoms with Crippen molar-refractivity contribution >= 4 is 41.5 Å². The van der Waals surface area contributed by atoms with Gasteiger partial charge < -0.3 is 25.2 Å². The quantitative estimate of drug-likeness (QED) is 0.241. The van der Waals surface area contributed by atoms with Crippen LogP contribution in [0.25, 0.3) is 0 Å².